The number of carboxylic acids is 1. The van der Waals surface area contributed by atoms with E-state index < -0.39 is 29.5 Å². The summed E-state index contributed by atoms with van der Waals surface area (Å²) in [5, 5.41) is 9.66. The van der Waals surface area contributed by atoms with Gasteiger partial charge in [-0.2, -0.15) is 0 Å². The van der Waals surface area contributed by atoms with Crippen LogP contribution in [0.5, 0.6) is 0 Å². The van der Waals surface area contributed by atoms with E-state index in [-0.39, 0.29) is 11.9 Å². The van der Waals surface area contributed by atoms with Crippen LogP contribution in [0.25, 0.3) is 0 Å². The first-order chi connectivity index (χ1) is 12.4. The van der Waals surface area contributed by atoms with Crippen LogP contribution in [0.2, 0.25) is 0 Å². The van der Waals surface area contributed by atoms with Gasteiger partial charge < -0.3 is 14.7 Å². The standard InChI is InChI=1S/C21H23NO4/c1-13(2)12-16-21-10-8-15(26-21)17(20(24)25)18(21)19(23)22(16)11-9-14-6-4-3-5-7-14/h3-8,10,15-18H,1,9,11-12H2,2H3,(H,24,25)/t15-,16-,17+,18+,21-/m1/s1. The monoisotopic (exact) mass is 353 g/mol. The van der Waals surface area contributed by atoms with Crippen LogP contribution in [0.15, 0.2) is 54.6 Å². The van der Waals surface area contributed by atoms with Gasteiger partial charge in [0.25, 0.3) is 0 Å². The number of aliphatic carboxylic acids is 1. The summed E-state index contributed by atoms with van der Waals surface area (Å²) in [6.45, 7) is 6.49. The molecule has 5 heteroatoms. The van der Waals surface area contributed by atoms with Crippen LogP contribution in [0.4, 0.5) is 0 Å². The van der Waals surface area contributed by atoms with Crippen molar-refractivity contribution in [3.63, 3.8) is 0 Å². The number of hydrogen-bond acceptors (Lipinski definition) is 3. The zero-order chi connectivity index (χ0) is 18.5. The van der Waals surface area contributed by atoms with E-state index in [2.05, 4.69) is 6.58 Å². The Bertz CT molecular complexity index is 786. The second-order valence-electron chi connectivity index (χ2n) is 7.58. The zero-order valence-corrected chi connectivity index (χ0v) is 14.8. The zero-order valence-electron chi connectivity index (χ0n) is 14.8. The highest BCUT2D eigenvalue weighted by Crippen LogP contribution is 2.55. The predicted molar refractivity (Wildman–Crippen MR) is 96.4 cm³/mol. The Balaban J connectivity index is 1.65. The quantitative estimate of drug-likeness (QED) is 0.798. The van der Waals surface area contributed by atoms with Crippen molar-refractivity contribution in [3.05, 3.63) is 60.2 Å². The summed E-state index contributed by atoms with van der Waals surface area (Å²) in [7, 11) is 0. The van der Waals surface area contributed by atoms with Gasteiger partial charge in [0.1, 0.15) is 11.5 Å². The molecular formula is C21H23NO4. The van der Waals surface area contributed by atoms with Crippen molar-refractivity contribution >= 4 is 11.9 Å². The van der Waals surface area contributed by atoms with Gasteiger partial charge in [0.15, 0.2) is 0 Å². The van der Waals surface area contributed by atoms with Gasteiger partial charge >= 0.3 is 5.97 Å². The van der Waals surface area contributed by atoms with Crippen molar-refractivity contribution in [1.82, 2.24) is 4.90 Å². The molecule has 1 spiro atoms. The number of nitrogens with zero attached hydrogens (tertiary/aromatic N) is 1. The molecule has 0 unspecified atom stereocenters. The molecule has 1 N–H and O–H groups in total. The van der Waals surface area contributed by atoms with Crippen LogP contribution in [0.3, 0.4) is 0 Å². The summed E-state index contributed by atoms with van der Waals surface area (Å²) in [4.78, 5) is 26.8. The summed E-state index contributed by atoms with van der Waals surface area (Å²) < 4.78 is 6.13. The topological polar surface area (TPSA) is 66.8 Å². The molecule has 0 radical (unpaired) electrons. The van der Waals surface area contributed by atoms with Gasteiger partial charge in [-0.1, -0.05) is 48.1 Å². The molecular weight excluding hydrogens is 330 g/mol. The lowest BCUT2D eigenvalue weighted by atomic mass is 9.74. The number of fused-ring (bicyclic) bond motifs is 1. The molecule has 3 aliphatic heterocycles. The molecule has 2 saturated heterocycles. The Morgan fingerprint density at radius 1 is 1.35 bits per heavy atom. The van der Waals surface area contributed by atoms with E-state index in [0.717, 1.165) is 17.6 Å². The van der Waals surface area contributed by atoms with E-state index >= 15 is 0 Å². The van der Waals surface area contributed by atoms with Crippen LogP contribution >= 0.6 is 0 Å². The number of amides is 1. The fourth-order valence-electron chi connectivity index (χ4n) is 4.76. The molecule has 1 aromatic rings. The number of ether oxygens (including phenoxy) is 1. The lowest BCUT2D eigenvalue weighted by Gasteiger charge is -2.33. The van der Waals surface area contributed by atoms with Crippen molar-refractivity contribution in [2.75, 3.05) is 6.54 Å². The first-order valence-electron chi connectivity index (χ1n) is 9.03. The van der Waals surface area contributed by atoms with Crippen molar-refractivity contribution in [2.45, 2.75) is 37.5 Å². The molecule has 5 atom stereocenters. The summed E-state index contributed by atoms with van der Waals surface area (Å²) in [6.07, 6.45) is 4.57. The van der Waals surface area contributed by atoms with Gasteiger partial charge in [-0.15, -0.1) is 6.58 Å². The number of hydrogen-bond donors (Lipinski definition) is 1. The lowest BCUT2D eigenvalue weighted by Crippen LogP contribution is -2.45. The minimum Gasteiger partial charge on any atom is -0.481 e. The average molecular weight is 353 g/mol. The summed E-state index contributed by atoms with van der Waals surface area (Å²) in [5.41, 5.74) is 1.28. The van der Waals surface area contributed by atoms with Crippen LogP contribution in [0.1, 0.15) is 18.9 Å². The largest absolute Gasteiger partial charge is 0.481 e. The van der Waals surface area contributed by atoms with Gasteiger partial charge in [0.05, 0.1) is 18.1 Å². The van der Waals surface area contributed by atoms with Gasteiger partial charge in [0, 0.05) is 6.54 Å². The molecule has 4 rings (SSSR count). The lowest BCUT2D eigenvalue weighted by molar-refractivity contribution is -0.148. The Morgan fingerprint density at radius 2 is 2.08 bits per heavy atom. The highest BCUT2D eigenvalue weighted by molar-refractivity contribution is 5.91. The smallest absolute Gasteiger partial charge is 0.310 e. The molecule has 26 heavy (non-hydrogen) atoms. The third kappa shape index (κ3) is 2.42. The van der Waals surface area contributed by atoms with Crippen molar-refractivity contribution in [1.29, 1.82) is 0 Å². The maximum atomic E-state index is 13.2. The van der Waals surface area contributed by atoms with E-state index in [9.17, 15) is 14.7 Å². The van der Waals surface area contributed by atoms with E-state index in [1.165, 1.54) is 0 Å². The van der Waals surface area contributed by atoms with Crippen molar-refractivity contribution in [2.24, 2.45) is 11.8 Å². The van der Waals surface area contributed by atoms with Crippen molar-refractivity contribution < 1.29 is 19.4 Å². The van der Waals surface area contributed by atoms with Crippen molar-refractivity contribution in [3.8, 4) is 0 Å². The molecule has 0 aromatic heterocycles. The fourth-order valence-corrected chi connectivity index (χ4v) is 4.76. The summed E-state index contributed by atoms with van der Waals surface area (Å²) in [5.74, 6) is -2.51. The maximum Gasteiger partial charge on any atom is 0.310 e. The molecule has 1 amide bonds. The molecule has 3 aliphatic rings. The van der Waals surface area contributed by atoms with Crippen LogP contribution in [-0.2, 0) is 20.7 Å². The van der Waals surface area contributed by atoms with Gasteiger partial charge in [-0.05, 0) is 25.3 Å². The average Bonchev–Trinajstić information content (AvgIpc) is 3.24. The summed E-state index contributed by atoms with van der Waals surface area (Å²) in [6, 6.07) is 9.80. The van der Waals surface area contributed by atoms with Crippen LogP contribution < -0.4 is 0 Å². The van der Waals surface area contributed by atoms with Gasteiger partial charge in [0.2, 0.25) is 5.91 Å². The predicted octanol–water partition coefficient (Wildman–Crippen LogP) is 2.43. The first-order valence-corrected chi connectivity index (χ1v) is 9.03. The molecule has 2 bridgehead atoms. The molecule has 2 fully saturated rings. The van der Waals surface area contributed by atoms with E-state index in [4.69, 9.17) is 4.74 Å². The highest BCUT2D eigenvalue weighted by Gasteiger charge is 2.70. The number of carboxylic acid groups (broad SMARTS) is 1. The second kappa shape index (κ2) is 6.09. The maximum absolute atomic E-state index is 13.2. The molecule has 1 aromatic carbocycles. The molecule has 5 nitrogen and oxygen atoms in total. The minimum absolute atomic E-state index is 0.105. The third-order valence-electron chi connectivity index (χ3n) is 5.84. The number of carbonyl (C=O) groups is 2. The Labute approximate surface area is 152 Å². The molecule has 0 aliphatic carbocycles. The number of rotatable bonds is 6. The number of likely N-dealkylation sites (tertiary alicyclic amines) is 1. The number of benzene rings is 1. The van der Waals surface area contributed by atoms with Crippen LogP contribution in [0, 0.1) is 11.8 Å². The van der Waals surface area contributed by atoms with E-state index in [1.54, 1.807) is 0 Å². The molecule has 136 valence electrons. The molecule has 0 saturated carbocycles. The third-order valence-corrected chi connectivity index (χ3v) is 5.84. The summed E-state index contributed by atoms with van der Waals surface area (Å²) >= 11 is 0. The Hall–Kier alpha value is -2.40. The van der Waals surface area contributed by atoms with E-state index in [0.29, 0.717) is 13.0 Å². The minimum atomic E-state index is -0.960. The Morgan fingerprint density at radius 3 is 2.73 bits per heavy atom. The van der Waals surface area contributed by atoms with Gasteiger partial charge in [-0.3, -0.25) is 9.59 Å². The van der Waals surface area contributed by atoms with Gasteiger partial charge in [-0.25, -0.2) is 0 Å². The first kappa shape index (κ1) is 17.0. The highest BCUT2D eigenvalue weighted by atomic mass is 16.5. The normalized spacial score (nSPS) is 34.3. The number of carbonyl (C=O) groups excluding carboxylic acids is 1. The van der Waals surface area contributed by atoms with Crippen LogP contribution in [-0.4, -0.2) is 46.2 Å². The fraction of sp³-hybridized carbons (Fsp3) is 0.429. The second-order valence-corrected chi connectivity index (χ2v) is 7.58. The molecule has 3 heterocycles. The SMILES string of the molecule is C=C(C)C[C@H]1N(CCc2ccccc2)C(=O)[C@@H]2[C@@H](C(=O)O)[C@H]3C=C[C@]21O3. The Kier molecular flexibility index (Phi) is 3.99. The van der Waals surface area contributed by atoms with E-state index in [1.807, 2.05) is 54.3 Å².